The first-order chi connectivity index (χ1) is 25.3. The highest BCUT2D eigenvalue weighted by Crippen LogP contribution is 2.65. The highest BCUT2D eigenvalue weighted by Gasteiger charge is 2.62. The Bertz CT molecular complexity index is 1620. The lowest BCUT2D eigenvalue weighted by molar-refractivity contribution is 0.00689. The summed E-state index contributed by atoms with van der Waals surface area (Å²) < 4.78 is 0. The van der Waals surface area contributed by atoms with Crippen molar-refractivity contribution in [3.63, 3.8) is 0 Å². The van der Waals surface area contributed by atoms with E-state index in [1.165, 1.54) is 89.2 Å². The minimum atomic E-state index is 0.114. The molecule has 2 heteroatoms. The highest BCUT2D eigenvalue weighted by molar-refractivity contribution is 5.42. The largest absolute Gasteiger partial charge is 0.362 e. The van der Waals surface area contributed by atoms with Crippen molar-refractivity contribution < 1.29 is 0 Å². The van der Waals surface area contributed by atoms with Crippen molar-refractivity contribution in [2.75, 3.05) is 0 Å². The molecule has 3 fully saturated rings. The van der Waals surface area contributed by atoms with Gasteiger partial charge in [0, 0.05) is 34.3 Å². The van der Waals surface area contributed by atoms with Crippen LogP contribution >= 0.6 is 0 Å². The van der Waals surface area contributed by atoms with Crippen LogP contribution in [0.3, 0.4) is 0 Å². The molecule has 0 aromatic carbocycles. The zero-order valence-electron chi connectivity index (χ0n) is 37.1. The average Bonchev–Trinajstić information content (AvgIpc) is 3.29. The summed E-state index contributed by atoms with van der Waals surface area (Å²) in [6.45, 7) is 29.8. The molecule has 2 saturated carbocycles. The van der Waals surface area contributed by atoms with Crippen molar-refractivity contribution in [2.24, 2.45) is 39.4 Å². The van der Waals surface area contributed by atoms with Gasteiger partial charge in [-0.25, -0.2) is 0 Å². The van der Waals surface area contributed by atoms with E-state index in [1.54, 1.807) is 28.0 Å². The molecular weight excluding hydrogens is 653 g/mol. The van der Waals surface area contributed by atoms with Crippen LogP contribution < -0.4 is 0 Å². The molecular formula is C52H80N2. The van der Waals surface area contributed by atoms with E-state index in [0.717, 1.165) is 18.8 Å². The number of likely N-dealkylation sites (tertiary alicyclic amines) is 1. The lowest BCUT2D eigenvalue weighted by Crippen LogP contribution is -2.54. The Kier molecular flexibility index (Phi) is 10.8. The van der Waals surface area contributed by atoms with Crippen molar-refractivity contribution in [3.05, 3.63) is 82.3 Å². The monoisotopic (exact) mass is 733 g/mol. The first kappa shape index (κ1) is 40.0. The van der Waals surface area contributed by atoms with Crippen LogP contribution in [-0.2, 0) is 0 Å². The van der Waals surface area contributed by atoms with E-state index in [4.69, 9.17) is 0 Å². The molecule has 0 radical (unpaired) electrons. The van der Waals surface area contributed by atoms with Crippen molar-refractivity contribution in [1.29, 1.82) is 0 Å². The van der Waals surface area contributed by atoms with E-state index in [-0.39, 0.29) is 21.8 Å². The molecule has 2 nitrogen and oxygen atoms in total. The first-order valence-corrected chi connectivity index (χ1v) is 22.8. The summed E-state index contributed by atoms with van der Waals surface area (Å²) in [5, 5.41) is 0. The van der Waals surface area contributed by atoms with E-state index >= 15 is 0 Å². The van der Waals surface area contributed by atoms with Crippen LogP contribution in [0.25, 0.3) is 0 Å². The lowest BCUT2D eigenvalue weighted by atomic mass is 9.56. The molecule has 0 aromatic heterocycles. The van der Waals surface area contributed by atoms with Gasteiger partial charge >= 0.3 is 0 Å². The summed E-state index contributed by atoms with van der Waals surface area (Å²) in [6.07, 6.45) is 40.9. The van der Waals surface area contributed by atoms with Gasteiger partial charge in [-0.15, -0.1) is 0 Å². The minimum Gasteiger partial charge on any atom is -0.362 e. The van der Waals surface area contributed by atoms with Gasteiger partial charge in [-0.3, -0.25) is 0 Å². The molecule has 1 heterocycles. The number of hydrogen-bond donors (Lipinski definition) is 0. The third-order valence-corrected chi connectivity index (χ3v) is 16.1. The molecule has 1 spiro atoms. The number of nitrogens with zero attached hydrogens (tertiary/aromatic N) is 2. The highest BCUT2D eigenvalue weighted by atomic mass is 15.3. The summed E-state index contributed by atoms with van der Waals surface area (Å²) >= 11 is 0. The SMILES string of the molecule is CC1=CC(N(C2C=CC=C(C(C)(C)C)C2)C2C=C(C(C)(C)C)CC(C(C)(C)C)C2)=CC(N2C3=CC=C(C4CCCCC4)CC3C3(CCCCC3)C2(C)C)C1. The zero-order valence-corrected chi connectivity index (χ0v) is 37.1. The van der Waals surface area contributed by atoms with E-state index in [1.807, 2.05) is 0 Å². The van der Waals surface area contributed by atoms with Crippen molar-refractivity contribution in [1.82, 2.24) is 9.80 Å². The summed E-state index contributed by atoms with van der Waals surface area (Å²) in [4.78, 5) is 5.96. The second-order valence-corrected chi connectivity index (χ2v) is 22.9. The van der Waals surface area contributed by atoms with Crippen LogP contribution in [0.5, 0.6) is 0 Å². The minimum absolute atomic E-state index is 0.114. The second kappa shape index (κ2) is 14.6. The third kappa shape index (κ3) is 7.49. The van der Waals surface area contributed by atoms with Crippen molar-refractivity contribution >= 4 is 0 Å². The van der Waals surface area contributed by atoms with E-state index in [2.05, 4.69) is 141 Å². The third-order valence-electron chi connectivity index (χ3n) is 16.1. The molecule has 6 aliphatic carbocycles. The quantitative estimate of drug-likeness (QED) is 0.260. The van der Waals surface area contributed by atoms with E-state index in [0.29, 0.717) is 35.4 Å². The fraction of sp³-hybridized carbons (Fsp3) is 0.731. The number of fused-ring (bicyclic) bond motifs is 2. The normalized spacial score (nSPS) is 31.9. The van der Waals surface area contributed by atoms with Gasteiger partial charge < -0.3 is 9.80 Å². The predicted octanol–water partition coefficient (Wildman–Crippen LogP) is 14.4. The second-order valence-electron chi connectivity index (χ2n) is 22.9. The Morgan fingerprint density at radius 3 is 2.02 bits per heavy atom. The molecule has 298 valence electrons. The maximum Gasteiger partial charge on any atom is 0.0535 e. The van der Waals surface area contributed by atoms with Gasteiger partial charge in [0.05, 0.1) is 12.1 Å². The predicted molar refractivity (Wildman–Crippen MR) is 233 cm³/mol. The molecule has 1 aliphatic heterocycles. The molecule has 0 bridgehead atoms. The van der Waals surface area contributed by atoms with Gasteiger partial charge in [-0.05, 0) is 125 Å². The number of rotatable bonds is 5. The van der Waals surface area contributed by atoms with Gasteiger partial charge in [-0.2, -0.15) is 0 Å². The van der Waals surface area contributed by atoms with Crippen LogP contribution in [0.15, 0.2) is 82.3 Å². The topological polar surface area (TPSA) is 6.48 Å². The lowest BCUT2D eigenvalue weighted by Gasteiger charge is -2.52. The number of hydrogen-bond acceptors (Lipinski definition) is 2. The Hall–Kier alpha value is -2.22. The zero-order chi connectivity index (χ0) is 38.8. The fourth-order valence-electron chi connectivity index (χ4n) is 12.7. The maximum atomic E-state index is 3.03. The van der Waals surface area contributed by atoms with Gasteiger partial charge in [0.1, 0.15) is 0 Å². The number of allylic oxidation sites excluding steroid dienone is 8. The Morgan fingerprint density at radius 2 is 1.37 bits per heavy atom. The fourth-order valence-corrected chi connectivity index (χ4v) is 12.7. The first-order valence-electron chi connectivity index (χ1n) is 22.8. The van der Waals surface area contributed by atoms with Gasteiger partial charge in [0.2, 0.25) is 0 Å². The Labute approximate surface area is 333 Å². The van der Waals surface area contributed by atoms with Crippen LogP contribution in [0.2, 0.25) is 0 Å². The molecule has 0 amide bonds. The van der Waals surface area contributed by atoms with Crippen molar-refractivity contribution in [3.8, 4) is 0 Å². The molecule has 5 atom stereocenters. The Balaban J connectivity index is 1.33. The van der Waals surface area contributed by atoms with Crippen LogP contribution in [0, 0.1) is 39.4 Å². The van der Waals surface area contributed by atoms with Crippen LogP contribution in [-0.4, -0.2) is 33.5 Å². The molecule has 0 N–H and O–H groups in total. The molecule has 7 aliphatic rings. The maximum absolute atomic E-state index is 3.03. The summed E-state index contributed by atoms with van der Waals surface area (Å²) in [5.74, 6) is 2.14. The van der Waals surface area contributed by atoms with Gasteiger partial charge in [0.15, 0.2) is 0 Å². The standard InChI is InChI=1S/C52H80N2/c1-36-28-43(53(42-23-19-22-39(32-42)48(2,3)4)44-33-40(49(5,6)7)31-41(34-44)50(8,9)10)35-45(29-36)54-47-25-24-38(37-20-15-13-16-21-37)30-46(47)52(51(54,11)12)26-17-14-18-27-52/h19,22-25,28,33,35,37,41-42,44-46H,13-18,20-21,26-27,29-32,34H2,1-12H3. The van der Waals surface area contributed by atoms with E-state index in [9.17, 15) is 0 Å². The van der Waals surface area contributed by atoms with Gasteiger partial charge in [0.25, 0.3) is 0 Å². The van der Waals surface area contributed by atoms with Gasteiger partial charge in [-0.1, -0.05) is 154 Å². The molecule has 0 aromatic rings. The van der Waals surface area contributed by atoms with Crippen molar-refractivity contribution in [2.45, 2.75) is 203 Å². The molecule has 7 rings (SSSR count). The summed E-state index contributed by atoms with van der Waals surface area (Å²) in [7, 11) is 0. The van der Waals surface area contributed by atoms with E-state index < -0.39 is 0 Å². The smallest absolute Gasteiger partial charge is 0.0535 e. The molecule has 54 heavy (non-hydrogen) atoms. The summed E-state index contributed by atoms with van der Waals surface area (Å²) in [5.41, 5.74) is 10.8. The Morgan fingerprint density at radius 1 is 0.704 bits per heavy atom. The van der Waals surface area contributed by atoms with Crippen LogP contribution in [0.1, 0.15) is 179 Å². The molecule has 1 saturated heterocycles. The summed E-state index contributed by atoms with van der Waals surface area (Å²) in [6, 6.07) is 1.10. The average molecular weight is 733 g/mol. The van der Waals surface area contributed by atoms with Crippen LogP contribution in [0.4, 0.5) is 0 Å². The molecule has 5 unspecified atom stereocenters.